The molecule has 0 radical (unpaired) electrons. The molecule has 6 nitrogen and oxygen atoms in total. The molecule has 6 heteroatoms. The Balaban J connectivity index is 1.91. The summed E-state index contributed by atoms with van der Waals surface area (Å²) in [6, 6.07) is 7.26. The fourth-order valence-corrected chi connectivity index (χ4v) is 2.47. The summed E-state index contributed by atoms with van der Waals surface area (Å²) in [7, 11) is 0. The highest BCUT2D eigenvalue weighted by atomic mass is 16.4. The van der Waals surface area contributed by atoms with Gasteiger partial charge < -0.3 is 15.3 Å². The average Bonchev–Trinajstić information content (AvgIpc) is 2.85. The number of nitrogens with one attached hydrogen (secondary N) is 1. The van der Waals surface area contributed by atoms with Gasteiger partial charge in [-0.3, -0.25) is 14.4 Å². The molecule has 1 aliphatic rings. The lowest BCUT2D eigenvalue weighted by molar-refractivity contribution is -0.149. The minimum atomic E-state index is -1.10. The lowest BCUT2D eigenvalue weighted by Gasteiger charge is -2.18. The average molecular weight is 318 g/mol. The Morgan fingerprint density at radius 2 is 1.91 bits per heavy atom. The zero-order valence-corrected chi connectivity index (χ0v) is 13.5. The van der Waals surface area contributed by atoms with Gasteiger partial charge in [-0.1, -0.05) is 12.1 Å². The van der Waals surface area contributed by atoms with Crippen molar-refractivity contribution in [3.05, 3.63) is 29.8 Å². The van der Waals surface area contributed by atoms with Gasteiger partial charge in [-0.15, -0.1) is 0 Å². The first-order valence-electron chi connectivity index (χ1n) is 7.68. The van der Waals surface area contributed by atoms with Crippen LogP contribution in [0.5, 0.6) is 0 Å². The van der Waals surface area contributed by atoms with E-state index in [4.69, 9.17) is 5.11 Å². The zero-order valence-electron chi connectivity index (χ0n) is 13.5. The minimum Gasteiger partial charge on any atom is -0.481 e. The molecule has 0 saturated carbocycles. The van der Waals surface area contributed by atoms with Crippen LogP contribution in [0.4, 0.5) is 5.69 Å². The number of carboxylic acid groups (broad SMARTS) is 1. The van der Waals surface area contributed by atoms with E-state index in [0.717, 1.165) is 18.5 Å². The van der Waals surface area contributed by atoms with Gasteiger partial charge in [0.25, 0.3) is 0 Å². The van der Waals surface area contributed by atoms with E-state index in [0.29, 0.717) is 18.7 Å². The Labute approximate surface area is 135 Å². The monoisotopic (exact) mass is 318 g/mol. The van der Waals surface area contributed by atoms with Crippen molar-refractivity contribution in [1.29, 1.82) is 0 Å². The van der Waals surface area contributed by atoms with Crippen molar-refractivity contribution in [2.45, 2.75) is 39.7 Å². The van der Waals surface area contributed by atoms with E-state index in [-0.39, 0.29) is 18.2 Å². The number of likely N-dealkylation sites (tertiary alicyclic amines) is 1. The second-order valence-electron chi connectivity index (χ2n) is 6.53. The van der Waals surface area contributed by atoms with E-state index >= 15 is 0 Å². The molecule has 2 N–H and O–H groups in total. The van der Waals surface area contributed by atoms with Crippen LogP contribution >= 0.6 is 0 Å². The van der Waals surface area contributed by atoms with Gasteiger partial charge in [0, 0.05) is 31.6 Å². The second kappa shape index (κ2) is 6.81. The fraction of sp³-hybridized carbons (Fsp3) is 0.471. The number of benzene rings is 1. The largest absolute Gasteiger partial charge is 0.481 e. The van der Waals surface area contributed by atoms with E-state index in [1.807, 2.05) is 17.0 Å². The highest BCUT2D eigenvalue weighted by Gasteiger charge is 2.30. The van der Waals surface area contributed by atoms with Crippen molar-refractivity contribution in [3.8, 4) is 0 Å². The molecule has 2 amide bonds. The summed E-state index contributed by atoms with van der Waals surface area (Å²) in [4.78, 5) is 36.4. The third-order valence-corrected chi connectivity index (χ3v) is 3.96. The molecular weight excluding hydrogens is 296 g/mol. The van der Waals surface area contributed by atoms with Crippen LogP contribution in [-0.4, -0.2) is 34.3 Å². The van der Waals surface area contributed by atoms with Gasteiger partial charge in [0.15, 0.2) is 0 Å². The fourth-order valence-electron chi connectivity index (χ4n) is 2.47. The number of carbonyl (C=O) groups is 3. The Morgan fingerprint density at radius 3 is 2.43 bits per heavy atom. The number of anilines is 1. The topological polar surface area (TPSA) is 86.7 Å². The third-order valence-electron chi connectivity index (χ3n) is 3.96. The highest BCUT2D eigenvalue weighted by Crippen LogP contribution is 2.22. The summed E-state index contributed by atoms with van der Waals surface area (Å²) in [6.07, 6.45) is 1.44. The van der Waals surface area contributed by atoms with Gasteiger partial charge in [-0.05, 0) is 38.0 Å². The maximum Gasteiger partial charge on any atom is 0.309 e. The van der Waals surface area contributed by atoms with E-state index in [1.165, 1.54) is 13.8 Å². The molecular formula is C17H22N2O4. The van der Waals surface area contributed by atoms with E-state index < -0.39 is 11.4 Å². The van der Waals surface area contributed by atoms with Crippen LogP contribution in [0.25, 0.3) is 0 Å². The van der Waals surface area contributed by atoms with E-state index in [2.05, 4.69) is 5.32 Å². The normalized spacial score (nSPS) is 14.9. The summed E-state index contributed by atoms with van der Waals surface area (Å²) in [6.45, 7) is 4.41. The SMILES string of the molecule is CC(C)(CC(=O)Nc1ccc(CN2CCCC2=O)cc1)C(=O)O. The summed E-state index contributed by atoms with van der Waals surface area (Å²) < 4.78 is 0. The molecule has 124 valence electrons. The standard InChI is InChI=1S/C17H22N2O4/c1-17(2,16(22)23)10-14(20)18-13-7-5-12(6-8-13)11-19-9-3-4-15(19)21/h5-8H,3-4,9-11H2,1-2H3,(H,18,20)(H,22,23). The van der Waals surface area contributed by atoms with Gasteiger partial charge in [-0.2, -0.15) is 0 Å². The number of hydrogen-bond donors (Lipinski definition) is 2. The minimum absolute atomic E-state index is 0.0909. The lowest BCUT2D eigenvalue weighted by atomic mass is 9.89. The summed E-state index contributed by atoms with van der Waals surface area (Å²) >= 11 is 0. The Morgan fingerprint density at radius 1 is 1.26 bits per heavy atom. The van der Waals surface area contributed by atoms with Crippen molar-refractivity contribution in [1.82, 2.24) is 4.90 Å². The molecule has 1 fully saturated rings. The van der Waals surface area contributed by atoms with Crippen LogP contribution in [0, 0.1) is 5.41 Å². The third kappa shape index (κ3) is 4.55. The summed E-state index contributed by atoms with van der Waals surface area (Å²) in [5.74, 6) is -1.16. The first-order chi connectivity index (χ1) is 10.8. The molecule has 23 heavy (non-hydrogen) atoms. The van der Waals surface area contributed by atoms with E-state index in [9.17, 15) is 14.4 Å². The maximum absolute atomic E-state index is 11.9. The quantitative estimate of drug-likeness (QED) is 0.842. The van der Waals surface area contributed by atoms with Crippen LogP contribution in [-0.2, 0) is 20.9 Å². The predicted octanol–water partition coefficient (Wildman–Crippen LogP) is 2.25. The van der Waals surface area contributed by atoms with Gasteiger partial charge in [0.2, 0.25) is 11.8 Å². The number of carbonyl (C=O) groups excluding carboxylic acids is 2. The zero-order chi connectivity index (χ0) is 17.0. The molecule has 0 atom stereocenters. The number of aliphatic carboxylic acids is 1. The second-order valence-corrected chi connectivity index (χ2v) is 6.53. The molecule has 1 saturated heterocycles. The number of carboxylic acids is 1. The van der Waals surface area contributed by atoms with Crippen molar-refractivity contribution < 1.29 is 19.5 Å². The molecule has 0 unspecified atom stereocenters. The first-order valence-corrected chi connectivity index (χ1v) is 7.68. The Hall–Kier alpha value is -2.37. The molecule has 1 aromatic carbocycles. The van der Waals surface area contributed by atoms with E-state index in [1.54, 1.807) is 12.1 Å². The van der Waals surface area contributed by atoms with Crippen LogP contribution in [0.1, 0.15) is 38.7 Å². The molecule has 0 spiro atoms. The molecule has 0 bridgehead atoms. The number of amides is 2. The van der Waals surface area contributed by atoms with Crippen molar-refractivity contribution in [2.75, 3.05) is 11.9 Å². The van der Waals surface area contributed by atoms with Gasteiger partial charge >= 0.3 is 5.97 Å². The molecule has 1 aromatic rings. The van der Waals surface area contributed by atoms with Crippen LogP contribution in [0.2, 0.25) is 0 Å². The molecule has 0 aromatic heterocycles. The van der Waals surface area contributed by atoms with Gasteiger partial charge in [0.05, 0.1) is 5.41 Å². The number of rotatable bonds is 6. The maximum atomic E-state index is 11.9. The van der Waals surface area contributed by atoms with Crippen molar-refractivity contribution in [2.24, 2.45) is 5.41 Å². The summed E-state index contributed by atoms with van der Waals surface area (Å²) in [5.41, 5.74) is 0.525. The molecule has 1 aliphatic heterocycles. The number of hydrogen-bond acceptors (Lipinski definition) is 3. The van der Waals surface area contributed by atoms with Crippen LogP contribution < -0.4 is 5.32 Å². The van der Waals surface area contributed by atoms with Gasteiger partial charge in [-0.25, -0.2) is 0 Å². The summed E-state index contributed by atoms with van der Waals surface area (Å²) in [5, 5.41) is 11.7. The first kappa shape index (κ1) is 17.0. The Bertz CT molecular complexity index is 608. The van der Waals surface area contributed by atoms with Crippen molar-refractivity contribution in [3.63, 3.8) is 0 Å². The van der Waals surface area contributed by atoms with Crippen molar-refractivity contribution >= 4 is 23.5 Å². The molecule has 2 rings (SSSR count). The Kier molecular flexibility index (Phi) is 5.03. The number of nitrogens with zero attached hydrogens (tertiary/aromatic N) is 1. The van der Waals surface area contributed by atoms with Crippen LogP contribution in [0.15, 0.2) is 24.3 Å². The highest BCUT2D eigenvalue weighted by molar-refractivity contribution is 5.94. The smallest absolute Gasteiger partial charge is 0.309 e. The lowest BCUT2D eigenvalue weighted by Crippen LogP contribution is -2.29. The molecule has 0 aliphatic carbocycles. The van der Waals surface area contributed by atoms with Gasteiger partial charge in [0.1, 0.15) is 0 Å². The predicted molar refractivity (Wildman–Crippen MR) is 85.8 cm³/mol. The molecule has 1 heterocycles. The van der Waals surface area contributed by atoms with Crippen LogP contribution in [0.3, 0.4) is 0 Å².